The molecule has 0 fully saturated rings. The summed E-state index contributed by atoms with van der Waals surface area (Å²) >= 11 is 0. The van der Waals surface area contributed by atoms with Crippen LogP contribution in [0.2, 0.25) is 0 Å². The Bertz CT molecular complexity index is 605. The van der Waals surface area contributed by atoms with Gasteiger partial charge in [-0.25, -0.2) is 8.42 Å². The van der Waals surface area contributed by atoms with E-state index in [9.17, 15) is 13.2 Å². The third-order valence-corrected chi connectivity index (χ3v) is 6.06. The zero-order valence-corrected chi connectivity index (χ0v) is 17.2. The van der Waals surface area contributed by atoms with Gasteiger partial charge in [0.1, 0.15) is 0 Å². The molecule has 1 aromatic rings. The molecule has 1 rings (SSSR count). The fourth-order valence-corrected chi connectivity index (χ4v) is 3.91. The molecular weight excluding hydrogens is 348 g/mol. The van der Waals surface area contributed by atoms with Crippen molar-refractivity contribution in [3.05, 3.63) is 29.8 Å². The monoisotopic (exact) mass is 382 g/mol. The van der Waals surface area contributed by atoms with Gasteiger partial charge in [-0.3, -0.25) is 4.79 Å². The van der Waals surface area contributed by atoms with Crippen molar-refractivity contribution in [3.63, 3.8) is 0 Å². The minimum absolute atomic E-state index is 0.166. The minimum atomic E-state index is -3.62. The van der Waals surface area contributed by atoms with Gasteiger partial charge in [-0.2, -0.15) is 0 Å². The Balaban J connectivity index is 2.09. The number of hydrogen-bond acceptors (Lipinski definition) is 4. The van der Waals surface area contributed by atoms with Crippen LogP contribution in [0.4, 0.5) is 0 Å². The first-order valence-electron chi connectivity index (χ1n) is 9.91. The largest absolute Gasteiger partial charge is 0.465 e. The lowest BCUT2D eigenvalue weighted by molar-refractivity contribution is -0.140. The molecule has 26 heavy (non-hydrogen) atoms. The lowest BCUT2D eigenvalue weighted by Gasteiger charge is -2.07. The van der Waals surface area contributed by atoms with Gasteiger partial charge in [0, 0.05) is 0 Å². The maximum absolute atomic E-state index is 12.2. The van der Waals surface area contributed by atoms with Crippen LogP contribution in [-0.2, 0) is 19.4 Å². The number of ether oxygens (including phenoxy) is 1. The molecule has 5 heteroatoms. The van der Waals surface area contributed by atoms with Crippen LogP contribution in [0.3, 0.4) is 0 Å². The van der Waals surface area contributed by atoms with E-state index >= 15 is 0 Å². The number of hydrogen-bond donors (Lipinski definition) is 0. The van der Waals surface area contributed by atoms with E-state index in [-0.39, 0.29) is 4.90 Å². The molecule has 0 aliphatic heterocycles. The summed E-state index contributed by atoms with van der Waals surface area (Å²) in [4.78, 5) is 11.9. The van der Waals surface area contributed by atoms with Crippen LogP contribution in [-0.4, -0.2) is 26.7 Å². The van der Waals surface area contributed by atoms with Crippen molar-refractivity contribution < 1.29 is 17.9 Å². The maximum Gasteiger partial charge on any atom is 0.321 e. The summed E-state index contributed by atoms with van der Waals surface area (Å²) in [7, 11) is -3.62. The van der Waals surface area contributed by atoms with Gasteiger partial charge in [-0.1, -0.05) is 82.4 Å². The lowest BCUT2D eigenvalue weighted by atomic mass is 10.1. The lowest BCUT2D eigenvalue weighted by Crippen LogP contribution is -2.19. The highest BCUT2D eigenvalue weighted by Gasteiger charge is 2.20. The van der Waals surface area contributed by atoms with Gasteiger partial charge >= 0.3 is 5.97 Å². The molecule has 4 nitrogen and oxygen atoms in total. The van der Waals surface area contributed by atoms with Crippen LogP contribution in [0.25, 0.3) is 0 Å². The summed E-state index contributed by atoms with van der Waals surface area (Å²) in [6.07, 6.45) is 12.1. The SMILES string of the molecule is CCCCCCCCCCCCOC(=O)CS(=O)(=O)c1ccc(C)cc1. The fraction of sp³-hybridized carbons (Fsp3) is 0.667. The highest BCUT2D eigenvalue weighted by Crippen LogP contribution is 2.13. The average Bonchev–Trinajstić information content (AvgIpc) is 2.59. The molecule has 0 bridgehead atoms. The average molecular weight is 383 g/mol. The van der Waals surface area contributed by atoms with Gasteiger partial charge in [-0.15, -0.1) is 0 Å². The normalized spacial score (nSPS) is 11.5. The molecule has 0 aliphatic rings. The van der Waals surface area contributed by atoms with E-state index in [1.165, 1.54) is 57.1 Å². The van der Waals surface area contributed by atoms with E-state index in [1.54, 1.807) is 12.1 Å². The van der Waals surface area contributed by atoms with Gasteiger partial charge in [0.2, 0.25) is 0 Å². The van der Waals surface area contributed by atoms with E-state index in [1.807, 2.05) is 6.92 Å². The summed E-state index contributed by atoms with van der Waals surface area (Å²) in [5, 5.41) is 0. The predicted molar refractivity (Wildman–Crippen MR) is 106 cm³/mol. The summed E-state index contributed by atoms with van der Waals surface area (Å²) in [5.74, 6) is -1.25. The molecule has 0 N–H and O–H groups in total. The first-order chi connectivity index (χ1) is 12.5. The van der Waals surface area contributed by atoms with Gasteiger partial charge in [0.25, 0.3) is 0 Å². The standard InChI is InChI=1S/C21H34O4S/c1-3-4-5-6-7-8-9-10-11-12-17-25-21(22)18-26(23,24)20-15-13-19(2)14-16-20/h13-16H,3-12,17-18H2,1-2H3. The van der Waals surface area contributed by atoms with E-state index in [0.717, 1.165) is 24.8 Å². The Morgan fingerprint density at radius 3 is 1.88 bits per heavy atom. The van der Waals surface area contributed by atoms with Crippen molar-refractivity contribution in [2.24, 2.45) is 0 Å². The van der Waals surface area contributed by atoms with Gasteiger partial charge < -0.3 is 4.74 Å². The van der Waals surface area contributed by atoms with E-state index < -0.39 is 21.6 Å². The van der Waals surface area contributed by atoms with Crippen LogP contribution in [0.5, 0.6) is 0 Å². The van der Waals surface area contributed by atoms with E-state index in [4.69, 9.17) is 4.74 Å². The van der Waals surface area contributed by atoms with Crippen LogP contribution in [0.15, 0.2) is 29.2 Å². The van der Waals surface area contributed by atoms with Crippen molar-refractivity contribution in [2.45, 2.75) is 83.0 Å². The second-order valence-electron chi connectivity index (χ2n) is 6.97. The number of aryl methyl sites for hydroxylation is 1. The molecule has 0 radical (unpaired) electrons. The van der Waals surface area contributed by atoms with Crippen molar-refractivity contribution >= 4 is 15.8 Å². The topological polar surface area (TPSA) is 60.4 Å². The quantitative estimate of drug-likeness (QED) is 0.326. The van der Waals surface area contributed by atoms with Gasteiger partial charge in [0.05, 0.1) is 11.5 Å². The van der Waals surface area contributed by atoms with Crippen molar-refractivity contribution in [2.75, 3.05) is 12.4 Å². The Morgan fingerprint density at radius 2 is 1.35 bits per heavy atom. The van der Waals surface area contributed by atoms with Crippen molar-refractivity contribution in [1.82, 2.24) is 0 Å². The number of rotatable bonds is 14. The number of carbonyl (C=O) groups excluding carboxylic acids is 1. The second-order valence-corrected chi connectivity index (χ2v) is 8.96. The predicted octanol–water partition coefficient (Wildman–Crippen LogP) is 5.23. The Hall–Kier alpha value is -1.36. The van der Waals surface area contributed by atoms with Crippen LogP contribution >= 0.6 is 0 Å². The molecule has 0 saturated carbocycles. The molecular formula is C21H34O4S. The first-order valence-corrected chi connectivity index (χ1v) is 11.6. The van der Waals surface area contributed by atoms with Gasteiger partial charge in [0.15, 0.2) is 15.6 Å². The zero-order valence-electron chi connectivity index (χ0n) is 16.3. The zero-order chi connectivity index (χ0) is 19.3. The van der Waals surface area contributed by atoms with Crippen molar-refractivity contribution in [3.8, 4) is 0 Å². The summed E-state index contributed by atoms with van der Waals surface area (Å²) in [6.45, 7) is 4.42. The Labute approximate surface area is 159 Å². The molecule has 0 heterocycles. The third kappa shape index (κ3) is 9.95. The smallest absolute Gasteiger partial charge is 0.321 e. The summed E-state index contributed by atoms with van der Waals surface area (Å²) in [6, 6.07) is 6.50. The van der Waals surface area contributed by atoms with Crippen LogP contribution < -0.4 is 0 Å². The Morgan fingerprint density at radius 1 is 0.846 bits per heavy atom. The highest BCUT2D eigenvalue weighted by molar-refractivity contribution is 7.92. The number of carbonyl (C=O) groups is 1. The van der Waals surface area contributed by atoms with E-state index in [0.29, 0.717) is 6.61 Å². The maximum atomic E-state index is 12.2. The van der Waals surface area contributed by atoms with Gasteiger partial charge in [-0.05, 0) is 25.5 Å². The van der Waals surface area contributed by atoms with Crippen molar-refractivity contribution in [1.29, 1.82) is 0 Å². The molecule has 0 saturated heterocycles. The molecule has 0 aromatic heterocycles. The molecule has 0 unspecified atom stereocenters. The summed E-state index contributed by atoms with van der Waals surface area (Å²) in [5.41, 5.74) is 0.979. The third-order valence-electron chi connectivity index (χ3n) is 4.45. The molecule has 0 spiro atoms. The molecule has 0 amide bonds. The molecule has 0 aliphatic carbocycles. The number of unbranched alkanes of at least 4 members (excludes halogenated alkanes) is 9. The number of sulfone groups is 1. The van der Waals surface area contributed by atoms with E-state index in [2.05, 4.69) is 6.92 Å². The first kappa shape index (κ1) is 22.7. The second kappa shape index (κ2) is 12.9. The molecule has 148 valence electrons. The number of esters is 1. The highest BCUT2D eigenvalue weighted by atomic mass is 32.2. The summed E-state index contributed by atoms with van der Waals surface area (Å²) < 4.78 is 29.4. The Kier molecular flexibility index (Phi) is 11.3. The van der Waals surface area contributed by atoms with Crippen LogP contribution in [0, 0.1) is 6.92 Å². The molecule has 1 aromatic carbocycles. The molecule has 0 atom stereocenters. The number of benzene rings is 1. The van der Waals surface area contributed by atoms with Crippen LogP contribution in [0.1, 0.15) is 76.7 Å². The minimum Gasteiger partial charge on any atom is -0.465 e. The fourth-order valence-electron chi connectivity index (χ4n) is 2.80.